The Morgan fingerprint density at radius 3 is 2.68 bits per heavy atom. The van der Waals surface area contributed by atoms with Crippen molar-refractivity contribution in [1.29, 1.82) is 0 Å². The second kappa shape index (κ2) is 11.7. The smallest absolute Gasteiger partial charge is 0.428 e. The van der Waals surface area contributed by atoms with Crippen LogP contribution in [0.25, 0.3) is 6.08 Å². The highest BCUT2D eigenvalue weighted by molar-refractivity contribution is 5.98. The number of carbonyl (C=O) groups is 1. The topological polar surface area (TPSA) is 71.5 Å². The lowest BCUT2D eigenvalue weighted by molar-refractivity contribution is -0.253. The van der Waals surface area contributed by atoms with E-state index in [4.69, 9.17) is 0 Å². The van der Waals surface area contributed by atoms with Gasteiger partial charge in [0.25, 0.3) is 5.91 Å². The van der Waals surface area contributed by atoms with Crippen LogP contribution in [-0.4, -0.2) is 34.6 Å². The van der Waals surface area contributed by atoms with Crippen molar-refractivity contribution in [3.05, 3.63) is 101 Å². The summed E-state index contributed by atoms with van der Waals surface area (Å²) in [5.41, 5.74) is 2.58. The molecule has 2 aromatic carbocycles. The summed E-state index contributed by atoms with van der Waals surface area (Å²) in [6.45, 7) is 0. The summed E-state index contributed by atoms with van der Waals surface area (Å²) >= 11 is 0. The molecular formula is C28H25F5N2O3. The molecule has 0 aliphatic heterocycles. The van der Waals surface area contributed by atoms with Gasteiger partial charge < -0.3 is 15.2 Å². The molecule has 2 unspecified atom stereocenters. The van der Waals surface area contributed by atoms with Crippen LogP contribution in [-0.2, 0) is 12.8 Å². The highest BCUT2D eigenvalue weighted by atomic mass is 19.3. The Morgan fingerprint density at radius 2 is 1.92 bits per heavy atom. The third-order valence-corrected chi connectivity index (χ3v) is 6.19. The van der Waals surface area contributed by atoms with Crippen LogP contribution in [0.4, 0.5) is 22.0 Å². The fourth-order valence-electron chi connectivity index (χ4n) is 4.35. The molecule has 1 aliphatic rings. The van der Waals surface area contributed by atoms with Crippen LogP contribution in [0, 0.1) is 5.95 Å². The number of hydrogen-bond acceptors (Lipinski definition) is 4. The van der Waals surface area contributed by atoms with Crippen molar-refractivity contribution in [2.45, 2.75) is 50.4 Å². The molecule has 0 bridgehead atoms. The minimum absolute atomic E-state index is 0.112. The van der Waals surface area contributed by atoms with Crippen LogP contribution >= 0.6 is 0 Å². The number of rotatable bonds is 9. The van der Waals surface area contributed by atoms with E-state index in [9.17, 15) is 31.9 Å². The number of nitrogens with one attached hydrogen (secondary N) is 1. The zero-order chi connectivity index (χ0) is 27.3. The molecule has 2 atom stereocenters. The number of alkyl halides is 4. The fraction of sp³-hybridized carbons (Fsp3) is 0.286. The van der Waals surface area contributed by atoms with Crippen LogP contribution in [0.1, 0.15) is 51.6 Å². The van der Waals surface area contributed by atoms with Crippen molar-refractivity contribution < 1.29 is 36.6 Å². The second-order valence-corrected chi connectivity index (χ2v) is 8.93. The molecule has 0 saturated carbocycles. The number of pyridine rings is 1. The zero-order valence-corrected chi connectivity index (χ0v) is 20.1. The Hall–Kier alpha value is -3.79. The molecule has 2 N–H and O–H groups in total. The lowest BCUT2D eigenvalue weighted by Crippen LogP contribution is -2.41. The Morgan fingerprint density at radius 1 is 1.13 bits per heavy atom. The Bertz CT molecular complexity index is 1320. The third-order valence-electron chi connectivity index (χ3n) is 6.19. The van der Waals surface area contributed by atoms with Crippen LogP contribution < -0.4 is 10.1 Å². The van der Waals surface area contributed by atoms with Gasteiger partial charge in [-0.3, -0.25) is 4.79 Å². The first-order valence-corrected chi connectivity index (χ1v) is 12.0. The number of fused-ring (bicyclic) bond motifs is 1. The summed E-state index contributed by atoms with van der Waals surface area (Å²) in [6, 6.07) is 11.7. The zero-order valence-electron chi connectivity index (χ0n) is 20.1. The van der Waals surface area contributed by atoms with Gasteiger partial charge in [-0.15, -0.1) is 0 Å². The molecule has 1 aromatic heterocycles. The normalized spacial score (nSPS) is 14.9. The van der Waals surface area contributed by atoms with Crippen LogP contribution in [0.3, 0.4) is 0 Å². The lowest BCUT2D eigenvalue weighted by atomic mass is 9.94. The molecule has 200 valence electrons. The first kappa shape index (κ1) is 27.3. The molecule has 38 heavy (non-hydrogen) atoms. The second-order valence-electron chi connectivity index (χ2n) is 8.93. The van der Waals surface area contributed by atoms with E-state index < -0.39 is 42.3 Å². The first-order valence-electron chi connectivity index (χ1n) is 12.0. The van der Waals surface area contributed by atoms with Crippen molar-refractivity contribution in [2.24, 2.45) is 0 Å². The molecule has 0 fully saturated rings. The number of allylic oxidation sites excluding steroid dienone is 1. The number of benzene rings is 2. The SMILES string of the molecule is O=C(NC(Cc1cccc(OC(F)(F)C(F)F)c1)C(O)c1ccnc(F)c1)c1cccc2c1C=CCCC2. The predicted octanol–water partition coefficient (Wildman–Crippen LogP) is 5.88. The molecule has 0 spiro atoms. The Kier molecular flexibility index (Phi) is 8.41. The maximum Gasteiger partial charge on any atom is 0.461 e. The molecule has 0 radical (unpaired) electrons. The van der Waals surface area contributed by atoms with Gasteiger partial charge in [0, 0.05) is 11.8 Å². The average molecular weight is 533 g/mol. The Labute approximate surface area is 216 Å². The van der Waals surface area contributed by atoms with Crippen LogP contribution in [0.15, 0.2) is 66.9 Å². The highest BCUT2D eigenvalue weighted by Gasteiger charge is 2.44. The van der Waals surface area contributed by atoms with E-state index in [1.165, 1.54) is 18.2 Å². The fourth-order valence-corrected chi connectivity index (χ4v) is 4.35. The number of hydrogen-bond donors (Lipinski definition) is 2. The number of aryl methyl sites for hydroxylation is 1. The number of nitrogens with zero attached hydrogens (tertiary/aromatic N) is 1. The van der Waals surface area contributed by atoms with Gasteiger partial charge in [-0.05, 0) is 78.3 Å². The van der Waals surface area contributed by atoms with Crippen molar-refractivity contribution >= 4 is 12.0 Å². The maximum absolute atomic E-state index is 13.8. The van der Waals surface area contributed by atoms with Crippen LogP contribution in [0.5, 0.6) is 5.75 Å². The van der Waals surface area contributed by atoms with E-state index >= 15 is 0 Å². The molecule has 1 aliphatic carbocycles. The standard InChI is InChI=1S/C28H25F5N2O3/c29-24-16-19(12-13-34-24)25(36)23(15-17-6-4-9-20(14-17)38-28(32,33)27(30)31)35-26(37)22-11-5-8-18-7-2-1-3-10-21(18)22/h3-6,8-14,16,23,25,27,36H,1-2,7,15H2,(H,35,37). The highest BCUT2D eigenvalue weighted by Crippen LogP contribution is 2.29. The summed E-state index contributed by atoms with van der Waals surface area (Å²) in [7, 11) is 0. The average Bonchev–Trinajstić information content (AvgIpc) is 3.13. The first-order chi connectivity index (χ1) is 18.1. The summed E-state index contributed by atoms with van der Waals surface area (Å²) < 4.78 is 70.0. The number of aliphatic hydroxyl groups excluding tert-OH is 1. The molecule has 1 amide bonds. The van der Waals surface area contributed by atoms with Gasteiger partial charge in [0.1, 0.15) is 5.75 Å². The summed E-state index contributed by atoms with van der Waals surface area (Å²) in [6.07, 6.45) is -2.63. The minimum atomic E-state index is -4.70. The van der Waals surface area contributed by atoms with E-state index in [1.54, 1.807) is 12.1 Å². The summed E-state index contributed by atoms with van der Waals surface area (Å²) in [5, 5.41) is 13.9. The van der Waals surface area contributed by atoms with Gasteiger partial charge in [0.05, 0.1) is 12.1 Å². The van der Waals surface area contributed by atoms with Crippen molar-refractivity contribution in [3.8, 4) is 5.75 Å². The van der Waals surface area contributed by atoms with Gasteiger partial charge in [-0.25, -0.2) is 4.98 Å². The number of amides is 1. The van der Waals surface area contributed by atoms with Gasteiger partial charge in [-0.2, -0.15) is 22.0 Å². The van der Waals surface area contributed by atoms with Gasteiger partial charge >= 0.3 is 12.5 Å². The van der Waals surface area contributed by atoms with Gasteiger partial charge in [0.15, 0.2) is 0 Å². The number of aromatic nitrogens is 1. The molecule has 3 aromatic rings. The number of carbonyl (C=O) groups excluding carboxylic acids is 1. The number of halogens is 5. The maximum atomic E-state index is 13.8. The quantitative estimate of drug-likeness (QED) is 0.267. The molecule has 10 heteroatoms. The molecule has 1 heterocycles. The lowest BCUT2D eigenvalue weighted by Gasteiger charge is -2.26. The van der Waals surface area contributed by atoms with E-state index in [-0.39, 0.29) is 12.0 Å². The predicted molar refractivity (Wildman–Crippen MR) is 131 cm³/mol. The third kappa shape index (κ3) is 6.55. The Balaban J connectivity index is 1.64. The van der Waals surface area contributed by atoms with Crippen LogP contribution in [0.2, 0.25) is 0 Å². The molecule has 4 rings (SSSR count). The molecule has 0 saturated heterocycles. The minimum Gasteiger partial charge on any atom is -0.428 e. The molecule has 5 nitrogen and oxygen atoms in total. The van der Waals surface area contributed by atoms with E-state index in [0.29, 0.717) is 11.1 Å². The molecular weight excluding hydrogens is 507 g/mol. The number of aliphatic hydroxyl groups is 1. The summed E-state index contributed by atoms with van der Waals surface area (Å²) in [5.74, 6) is -1.85. The van der Waals surface area contributed by atoms with E-state index in [1.807, 2.05) is 18.2 Å². The summed E-state index contributed by atoms with van der Waals surface area (Å²) in [4.78, 5) is 16.9. The monoisotopic (exact) mass is 532 g/mol. The van der Waals surface area contributed by atoms with Crippen molar-refractivity contribution in [2.75, 3.05) is 0 Å². The van der Waals surface area contributed by atoms with E-state index in [2.05, 4.69) is 15.0 Å². The number of ether oxygens (including phenoxy) is 1. The van der Waals surface area contributed by atoms with Crippen molar-refractivity contribution in [1.82, 2.24) is 10.3 Å². The van der Waals surface area contributed by atoms with Crippen molar-refractivity contribution in [3.63, 3.8) is 0 Å². The van der Waals surface area contributed by atoms with Gasteiger partial charge in [0.2, 0.25) is 5.95 Å². The van der Waals surface area contributed by atoms with E-state index in [0.717, 1.165) is 54.8 Å². The van der Waals surface area contributed by atoms with Gasteiger partial charge in [-0.1, -0.05) is 36.4 Å². The largest absolute Gasteiger partial charge is 0.461 e.